The summed E-state index contributed by atoms with van der Waals surface area (Å²) in [5, 5.41) is 7.68. The van der Waals surface area contributed by atoms with Gasteiger partial charge in [-0.15, -0.1) is 11.3 Å². The van der Waals surface area contributed by atoms with Crippen LogP contribution >= 0.6 is 11.3 Å². The number of nitrogens with one attached hydrogen (secondary N) is 3. The summed E-state index contributed by atoms with van der Waals surface area (Å²) >= 11 is 1.58. The molecule has 1 aliphatic rings. The zero-order chi connectivity index (χ0) is 20.9. The normalized spacial score (nSPS) is 16.9. The molecule has 1 saturated heterocycles. The highest BCUT2D eigenvalue weighted by Crippen LogP contribution is 2.21. The summed E-state index contributed by atoms with van der Waals surface area (Å²) in [5.41, 5.74) is 0.881. The zero-order valence-electron chi connectivity index (χ0n) is 16.1. The predicted octanol–water partition coefficient (Wildman–Crippen LogP) is 2.68. The standard InChI is InChI=1S/C19H24N4O4S2/c1-29(26,27)22-16-7-2-6-15(11-16)21-18(24)14-5-3-9-23(13-14)19(25)20-12-17-8-4-10-28-17/h2,4,6-8,10-11,14,22H,3,5,9,12-13H2,1H3,(H,20,25)(H,21,24). The first-order chi connectivity index (χ1) is 13.8. The van der Waals surface area contributed by atoms with Crippen LogP contribution < -0.4 is 15.4 Å². The maximum atomic E-state index is 12.7. The number of amides is 3. The first-order valence-corrected chi connectivity index (χ1v) is 12.0. The van der Waals surface area contributed by atoms with Crippen LogP contribution in [-0.4, -0.2) is 44.6 Å². The molecular formula is C19H24N4O4S2. The third-order valence-electron chi connectivity index (χ3n) is 4.51. The van der Waals surface area contributed by atoms with Crippen LogP contribution in [0.3, 0.4) is 0 Å². The molecule has 1 fully saturated rings. The lowest BCUT2D eigenvalue weighted by atomic mass is 9.97. The smallest absolute Gasteiger partial charge is 0.317 e. The number of sulfonamides is 1. The van der Waals surface area contributed by atoms with Crippen molar-refractivity contribution in [3.8, 4) is 0 Å². The highest BCUT2D eigenvalue weighted by molar-refractivity contribution is 7.92. The molecule has 1 aromatic heterocycles. The van der Waals surface area contributed by atoms with E-state index in [0.717, 1.165) is 17.6 Å². The van der Waals surface area contributed by atoms with Crippen LogP contribution in [0.4, 0.5) is 16.2 Å². The molecule has 10 heteroatoms. The minimum Gasteiger partial charge on any atom is -0.333 e. The Labute approximate surface area is 174 Å². The van der Waals surface area contributed by atoms with Crippen molar-refractivity contribution in [3.05, 3.63) is 46.7 Å². The van der Waals surface area contributed by atoms with E-state index in [1.807, 2.05) is 17.5 Å². The molecule has 0 radical (unpaired) electrons. The van der Waals surface area contributed by atoms with Gasteiger partial charge in [-0.05, 0) is 42.5 Å². The average Bonchev–Trinajstić information content (AvgIpc) is 3.19. The molecule has 2 heterocycles. The van der Waals surface area contributed by atoms with E-state index in [1.165, 1.54) is 0 Å². The van der Waals surface area contributed by atoms with E-state index >= 15 is 0 Å². The van der Waals surface area contributed by atoms with E-state index in [9.17, 15) is 18.0 Å². The van der Waals surface area contributed by atoms with Gasteiger partial charge in [0.2, 0.25) is 15.9 Å². The van der Waals surface area contributed by atoms with E-state index in [4.69, 9.17) is 0 Å². The number of piperidine rings is 1. The second-order valence-corrected chi connectivity index (χ2v) is 9.75. The highest BCUT2D eigenvalue weighted by atomic mass is 32.2. The molecule has 0 saturated carbocycles. The molecule has 3 rings (SSSR count). The summed E-state index contributed by atoms with van der Waals surface area (Å²) < 4.78 is 25.1. The molecule has 1 unspecified atom stereocenters. The second kappa shape index (κ2) is 9.27. The lowest BCUT2D eigenvalue weighted by Crippen LogP contribution is -2.47. The van der Waals surface area contributed by atoms with E-state index in [0.29, 0.717) is 37.4 Å². The van der Waals surface area contributed by atoms with Gasteiger partial charge >= 0.3 is 6.03 Å². The van der Waals surface area contributed by atoms with Crippen LogP contribution in [0.5, 0.6) is 0 Å². The summed E-state index contributed by atoms with van der Waals surface area (Å²) in [7, 11) is -3.39. The maximum Gasteiger partial charge on any atom is 0.317 e. The molecule has 3 amide bonds. The number of hydrogen-bond acceptors (Lipinski definition) is 5. The Kier molecular flexibility index (Phi) is 6.75. The molecule has 29 heavy (non-hydrogen) atoms. The van der Waals surface area contributed by atoms with E-state index in [2.05, 4.69) is 15.4 Å². The molecule has 2 aromatic rings. The Bertz CT molecular complexity index is 960. The number of hydrogen-bond donors (Lipinski definition) is 3. The average molecular weight is 437 g/mol. The van der Waals surface area contributed by atoms with Crippen LogP contribution in [0.1, 0.15) is 17.7 Å². The third-order valence-corrected chi connectivity index (χ3v) is 5.99. The van der Waals surface area contributed by atoms with Crippen molar-refractivity contribution in [2.45, 2.75) is 19.4 Å². The summed E-state index contributed by atoms with van der Waals surface area (Å²) in [6.07, 6.45) is 2.51. The van der Waals surface area contributed by atoms with Gasteiger partial charge in [-0.2, -0.15) is 0 Å². The van der Waals surface area contributed by atoms with Crippen molar-refractivity contribution in [1.29, 1.82) is 0 Å². The van der Waals surface area contributed by atoms with Crippen molar-refractivity contribution in [1.82, 2.24) is 10.2 Å². The fraction of sp³-hybridized carbons (Fsp3) is 0.368. The number of urea groups is 1. The Hall–Kier alpha value is -2.59. The van der Waals surface area contributed by atoms with Crippen molar-refractivity contribution >= 4 is 44.7 Å². The summed E-state index contributed by atoms with van der Waals surface area (Å²) in [6.45, 7) is 1.45. The lowest BCUT2D eigenvalue weighted by molar-refractivity contribution is -0.121. The van der Waals surface area contributed by atoms with Gasteiger partial charge in [-0.3, -0.25) is 9.52 Å². The van der Waals surface area contributed by atoms with Crippen LogP contribution in [-0.2, 0) is 21.4 Å². The number of nitrogens with zero attached hydrogens (tertiary/aromatic N) is 1. The SMILES string of the molecule is CS(=O)(=O)Nc1cccc(NC(=O)C2CCCN(C(=O)NCc3cccs3)C2)c1. The highest BCUT2D eigenvalue weighted by Gasteiger charge is 2.28. The Morgan fingerprint density at radius 3 is 2.72 bits per heavy atom. The van der Waals surface area contributed by atoms with Crippen LogP contribution in [0, 0.1) is 5.92 Å². The number of carbonyl (C=O) groups excluding carboxylic acids is 2. The molecule has 1 aliphatic heterocycles. The quantitative estimate of drug-likeness (QED) is 0.647. The van der Waals surface area contributed by atoms with E-state index in [1.54, 1.807) is 40.5 Å². The molecule has 156 valence electrons. The molecule has 8 nitrogen and oxygen atoms in total. The Balaban J connectivity index is 1.55. The number of likely N-dealkylation sites (tertiary alicyclic amines) is 1. The van der Waals surface area contributed by atoms with Gasteiger partial charge in [0, 0.05) is 23.7 Å². The van der Waals surface area contributed by atoms with Crippen molar-refractivity contribution in [3.63, 3.8) is 0 Å². The lowest BCUT2D eigenvalue weighted by Gasteiger charge is -2.32. The summed E-state index contributed by atoms with van der Waals surface area (Å²) in [6, 6.07) is 10.3. The topological polar surface area (TPSA) is 108 Å². The second-order valence-electron chi connectivity index (χ2n) is 6.97. The van der Waals surface area contributed by atoms with Gasteiger partial charge in [0.25, 0.3) is 0 Å². The monoisotopic (exact) mass is 436 g/mol. The van der Waals surface area contributed by atoms with Gasteiger partial charge in [-0.25, -0.2) is 13.2 Å². The number of benzene rings is 1. The zero-order valence-corrected chi connectivity index (χ0v) is 17.7. The number of carbonyl (C=O) groups is 2. The van der Waals surface area contributed by atoms with Gasteiger partial charge in [0.15, 0.2) is 0 Å². The number of anilines is 2. The molecular weight excluding hydrogens is 412 g/mol. The summed E-state index contributed by atoms with van der Waals surface area (Å²) in [4.78, 5) is 27.8. The first kappa shape index (κ1) is 21.1. The summed E-state index contributed by atoms with van der Waals surface area (Å²) in [5.74, 6) is -0.500. The van der Waals surface area contributed by atoms with Crippen LogP contribution in [0.25, 0.3) is 0 Å². The minimum atomic E-state index is -3.39. The fourth-order valence-corrected chi connectivity index (χ4v) is 4.38. The largest absolute Gasteiger partial charge is 0.333 e. The molecule has 3 N–H and O–H groups in total. The van der Waals surface area contributed by atoms with Gasteiger partial charge in [0.1, 0.15) is 0 Å². The van der Waals surface area contributed by atoms with Gasteiger partial charge < -0.3 is 15.5 Å². The van der Waals surface area contributed by atoms with Crippen LogP contribution in [0.15, 0.2) is 41.8 Å². The molecule has 1 aromatic carbocycles. The molecule has 1 atom stereocenters. The Morgan fingerprint density at radius 1 is 1.21 bits per heavy atom. The predicted molar refractivity (Wildman–Crippen MR) is 114 cm³/mol. The van der Waals surface area contributed by atoms with E-state index < -0.39 is 10.0 Å². The molecule has 0 aliphatic carbocycles. The van der Waals surface area contributed by atoms with Crippen molar-refractivity contribution in [2.24, 2.45) is 5.92 Å². The minimum absolute atomic E-state index is 0.171. The number of thiophene rings is 1. The molecule has 0 bridgehead atoms. The van der Waals surface area contributed by atoms with E-state index in [-0.39, 0.29) is 17.9 Å². The Morgan fingerprint density at radius 2 is 2.00 bits per heavy atom. The first-order valence-electron chi connectivity index (χ1n) is 9.24. The van der Waals surface area contributed by atoms with Crippen molar-refractivity contribution in [2.75, 3.05) is 29.4 Å². The van der Waals surface area contributed by atoms with Gasteiger partial charge in [-0.1, -0.05) is 12.1 Å². The van der Waals surface area contributed by atoms with Gasteiger partial charge in [0.05, 0.1) is 24.4 Å². The third kappa shape index (κ3) is 6.47. The maximum absolute atomic E-state index is 12.7. The van der Waals surface area contributed by atoms with Crippen LogP contribution in [0.2, 0.25) is 0 Å². The fourth-order valence-electron chi connectivity index (χ4n) is 3.18. The van der Waals surface area contributed by atoms with Crippen molar-refractivity contribution < 1.29 is 18.0 Å². The molecule has 0 spiro atoms. The number of rotatable bonds is 6.